The molecule has 0 bridgehead atoms. The van der Waals surface area contributed by atoms with Crippen LogP contribution in [0.3, 0.4) is 0 Å². The zero-order chi connectivity index (χ0) is 18.6. The molecule has 1 N–H and O–H groups in total. The predicted molar refractivity (Wildman–Crippen MR) is 103 cm³/mol. The number of ether oxygens (including phenoxy) is 1. The van der Waals surface area contributed by atoms with Crippen molar-refractivity contribution in [3.63, 3.8) is 0 Å². The number of carbonyl (C=O) groups excluding carboxylic acids is 2. The van der Waals surface area contributed by atoms with Gasteiger partial charge in [0.05, 0.1) is 13.2 Å². The van der Waals surface area contributed by atoms with Crippen LogP contribution in [0.4, 0.5) is 0 Å². The molecule has 1 atom stereocenters. The summed E-state index contributed by atoms with van der Waals surface area (Å²) in [6.45, 7) is 4.70. The first-order valence-electron chi connectivity index (χ1n) is 9.70. The van der Waals surface area contributed by atoms with Gasteiger partial charge in [-0.3, -0.25) is 9.59 Å². The lowest BCUT2D eigenvalue weighted by molar-refractivity contribution is -0.140. The lowest BCUT2D eigenvalue weighted by Gasteiger charge is -2.47. The summed E-state index contributed by atoms with van der Waals surface area (Å²) in [5.41, 5.74) is 2.97. The van der Waals surface area contributed by atoms with Crippen molar-refractivity contribution in [2.45, 2.75) is 56.9 Å². The van der Waals surface area contributed by atoms with Gasteiger partial charge in [0, 0.05) is 14.8 Å². The number of piperidine rings is 1. The normalized spacial score (nSPS) is 21.8. The molecule has 1 amide bonds. The van der Waals surface area contributed by atoms with Crippen LogP contribution in [0, 0.1) is 0 Å². The monoisotopic (exact) mass is 360 g/mol. The molecular formula is C21H32N2O3. The van der Waals surface area contributed by atoms with Gasteiger partial charge in [0.15, 0.2) is 0 Å². The lowest BCUT2D eigenvalue weighted by atomic mass is 9.63. The van der Waals surface area contributed by atoms with Crippen LogP contribution in [0.15, 0.2) is 24.3 Å². The molecular weight excluding hydrogens is 328 g/mol. The van der Waals surface area contributed by atoms with Gasteiger partial charge in [-0.15, -0.1) is 0 Å². The van der Waals surface area contributed by atoms with Crippen molar-refractivity contribution in [2.24, 2.45) is 0 Å². The zero-order valence-electron chi connectivity index (χ0n) is 15.9. The fraction of sp³-hybridized carbons (Fsp3) is 0.619. The van der Waals surface area contributed by atoms with E-state index in [9.17, 15) is 9.59 Å². The van der Waals surface area contributed by atoms with Crippen LogP contribution in [0.25, 0.3) is 0 Å². The summed E-state index contributed by atoms with van der Waals surface area (Å²) >= 11 is 0. The smallest absolute Gasteiger partial charge is 0.305 e. The van der Waals surface area contributed by atoms with Crippen molar-refractivity contribution in [2.75, 3.05) is 26.7 Å². The van der Waals surface area contributed by atoms with Gasteiger partial charge in [0.2, 0.25) is 5.91 Å². The number of nitrogens with one attached hydrogen (secondary N) is 1. The molecule has 1 aliphatic carbocycles. The highest BCUT2D eigenvalue weighted by Gasteiger charge is 2.41. The van der Waals surface area contributed by atoms with Gasteiger partial charge in [-0.25, -0.2) is 0 Å². The Hall–Kier alpha value is -1.88. The van der Waals surface area contributed by atoms with Crippen molar-refractivity contribution in [3.05, 3.63) is 35.4 Å². The molecule has 5 nitrogen and oxygen atoms in total. The van der Waals surface area contributed by atoms with Gasteiger partial charge < -0.3 is 15.0 Å². The first-order valence-corrected chi connectivity index (χ1v) is 9.70. The number of hydrogen-bond donors (Lipinski definition) is 1. The average Bonchev–Trinajstić information content (AvgIpc) is 2.65. The van der Waals surface area contributed by atoms with E-state index in [0.717, 1.165) is 51.7 Å². The molecule has 2 aliphatic rings. The summed E-state index contributed by atoms with van der Waals surface area (Å²) in [4.78, 5) is 25.3. The standard InChI is InChI=1S/C21H30N2O3.H2/c1-16(24)22-19-9-10-21(18-7-4-3-6-17(18)19)11-14-23(15-12-21)13-5-8-20(25)26-2;/h3-4,6-7,19H,5,8-15H2,1-2H3,(H,22,24);1H/t19-;/m0./s1. The van der Waals surface area contributed by atoms with E-state index in [4.69, 9.17) is 4.74 Å². The molecule has 0 aromatic heterocycles. The molecule has 144 valence electrons. The van der Waals surface area contributed by atoms with Gasteiger partial charge in [-0.05, 0) is 68.3 Å². The lowest BCUT2D eigenvalue weighted by Crippen LogP contribution is -2.46. The molecule has 0 radical (unpaired) electrons. The predicted octanol–water partition coefficient (Wildman–Crippen LogP) is 3.19. The van der Waals surface area contributed by atoms with E-state index in [2.05, 4.69) is 34.5 Å². The van der Waals surface area contributed by atoms with Crippen molar-refractivity contribution in [1.82, 2.24) is 10.2 Å². The van der Waals surface area contributed by atoms with E-state index in [1.807, 2.05) is 0 Å². The van der Waals surface area contributed by atoms with Gasteiger partial charge in [-0.1, -0.05) is 24.3 Å². The van der Waals surface area contributed by atoms with Gasteiger partial charge in [-0.2, -0.15) is 0 Å². The third-order valence-electron chi connectivity index (χ3n) is 6.09. The van der Waals surface area contributed by atoms with E-state index < -0.39 is 0 Å². The quantitative estimate of drug-likeness (QED) is 0.819. The fourth-order valence-corrected chi connectivity index (χ4v) is 4.66. The van der Waals surface area contributed by atoms with Crippen LogP contribution in [-0.4, -0.2) is 43.5 Å². The molecule has 5 heteroatoms. The molecule has 26 heavy (non-hydrogen) atoms. The SMILES string of the molecule is COC(=O)CCCN1CCC2(CC[C@H](NC(C)=O)c3ccccc32)CC1.[HH]. The number of methoxy groups -OCH3 is 1. The molecule has 3 rings (SSSR count). The number of rotatable bonds is 5. The maximum Gasteiger partial charge on any atom is 0.305 e. The number of carbonyl (C=O) groups is 2. The number of likely N-dealkylation sites (tertiary alicyclic amines) is 1. The molecule has 1 aromatic carbocycles. The first kappa shape index (κ1) is 18.9. The van der Waals surface area contributed by atoms with E-state index in [0.29, 0.717) is 6.42 Å². The number of fused-ring (bicyclic) bond motifs is 2. The van der Waals surface area contributed by atoms with Gasteiger partial charge in [0.1, 0.15) is 0 Å². The van der Waals surface area contributed by atoms with Gasteiger partial charge >= 0.3 is 5.97 Å². The second-order valence-corrected chi connectivity index (χ2v) is 7.68. The van der Waals surface area contributed by atoms with Crippen molar-refractivity contribution in [1.29, 1.82) is 0 Å². The fourth-order valence-electron chi connectivity index (χ4n) is 4.66. The highest BCUT2D eigenvalue weighted by Crippen LogP contribution is 2.47. The third kappa shape index (κ3) is 4.09. The Kier molecular flexibility index (Phi) is 5.97. The zero-order valence-corrected chi connectivity index (χ0v) is 15.9. The minimum absolute atomic E-state index is 0. The van der Waals surface area contributed by atoms with Crippen LogP contribution in [0.1, 0.15) is 64.0 Å². The van der Waals surface area contributed by atoms with Crippen LogP contribution in [-0.2, 0) is 19.7 Å². The van der Waals surface area contributed by atoms with Crippen LogP contribution < -0.4 is 5.32 Å². The Balaban J connectivity index is 0.00000261. The molecule has 1 saturated heterocycles. The minimum atomic E-state index is -0.122. The summed E-state index contributed by atoms with van der Waals surface area (Å²) in [6.07, 6.45) is 5.80. The number of amides is 1. The maximum absolute atomic E-state index is 11.6. The highest BCUT2D eigenvalue weighted by molar-refractivity contribution is 5.73. The Bertz CT molecular complexity index is 657. The minimum Gasteiger partial charge on any atom is -0.469 e. The topological polar surface area (TPSA) is 58.6 Å². The van der Waals surface area contributed by atoms with Crippen LogP contribution in [0.5, 0.6) is 0 Å². The van der Waals surface area contributed by atoms with Crippen molar-refractivity contribution < 1.29 is 15.8 Å². The molecule has 1 aliphatic heterocycles. The van der Waals surface area contributed by atoms with Gasteiger partial charge in [0.25, 0.3) is 0 Å². The van der Waals surface area contributed by atoms with E-state index in [1.54, 1.807) is 6.92 Å². The van der Waals surface area contributed by atoms with E-state index in [-0.39, 0.29) is 24.8 Å². The average molecular weight is 360 g/mol. The summed E-state index contributed by atoms with van der Waals surface area (Å²) in [7, 11) is 1.45. The molecule has 1 aromatic rings. The maximum atomic E-state index is 11.6. The Morgan fingerprint density at radius 1 is 1.27 bits per heavy atom. The molecule has 1 heterocycles. The summed E-state index contributed by atoms with van der Waals surface area (Å²) in [6, 6.07) is 8.79. The summed E-state index contributed by atoms with van der Waals surface area (Å²) in [5, 5.41) is 3.12. The summed E-state index contributed by atoms with van der Waals surface area (Å²) in [5.74, 6) is -0.0788. The van der Waals surface area contributed by atoms with Crippen LogP contribution >= 0.6 is 0 Å². The molecule has 0 unspecified atom stereocenters. The Morgan fingerprint density at radius 3 is 2.69 bits per heavy atom. The third-order valence-corrected chi connectivity index (χ3v) is 6.09. The number of nitrogens with zero attached hydrogens (tertiary/aromatic N) is 1. The number of benzene rings is 1. The highest BCUT2D eigenvalue weighted by atomic mass is 16.5. The van der Waals surface area contributed by atoms with E-state index in [1.165, 1.54) is 18.2 Å². The van der Waals surface area contributed by atoms with E-state index >= 15 is 0 Å². The second-order valence-electron chi connectivity index (χ2n) is 7.68. The molecule has 1 spiro atoms. The largest absolute Gasteiger partial charge is 0.469 e. The van der Waals surface area contributed by atoms with Crippen molar-refractivity contribution >= 4 is 11.9 Å². The molecule has 0 saturated carbocycles. The summed E-state index contributed by atoms with van der Waals surface area (Å²) < 4.78 is 4.72. The van der Waals surface area contributed by atoms with Crippen molar-refractivity contribution in [3.8, 4) is 0 Å². The van der Waals surface area contributed by atoms with Crippen LogP contribution in [0.2, 0.25) is 0 Å². The first-order chi connectivity index (χ1) is 12.5. The Morgan fingerprint density at radius 2 is 2.00 bits per heavy atom. The molecule has 1 fully saturated rings. The number of hydrogen-bond acceptors (Lipinski definition) is 4. The number of esters is 1. The Labute approximate surface area is 157 Å². The second kappa shape index (κ2) is 8.21.